The summed E-state index contributed by atoms with van der Waals surface area (Å²) in [6.07, 6.45) is 0.238. The van der Waals surface area contributed by atoms with Crippen molar-refractivity contribution in [2.24, 2.45) is 0 Å². The molecule has 1 N–H and O–H groups in total. The van der Waals surface area contributed by atoms with Crippen molar-refractivity contribution in [3.05, 3.63) is 59.2 Å². The van der Waals surface area contributed by atoms with Gasteiger partial charge in [-0.25, -0.2) is 17.2 Å². The van der Waals surface area contributed by atoms with Gasteiger partial charge in [-0.3, -0.25) is 4.79 Å². The highest BCUT2D eigenvalue weighted by Crippen LogP contribution is 2.25. The zero-order chi connectivity index (χ0) is 19.1. The number of hydrogen-bond donors (Lipinski definition) is 1. The highest BCUT2D eigenvalue weighted by atomic mass is 32.2. The Morgan fingerprint density at radius 1 is 1.08 bits per heavy atom. The summed E-state index contributed by atoms with van der Waals surface area (Å²) in [7, 11) is -4.36. The number of anilines is 1. The summed E-state index contributed by atoms with van der Waals surface area (Å²) >= 11 is 0. The molecule has 3 rings (SSSR count). The molecule has 138 valence electrons. The molecule has 0 spiro atoms. The normalized spacial score (nSPS) is 17.8. The minimum atomic E-state index is -4.36. The minimum Gasteiger partial charge on any atom is -0.311 e. The predicted molar refractivity (Wildman–Crippen MR) is 93.4 cm³/mol. The Morgan fingerprint density at radius 2 is 1.73 bits per heavy atom. The van der Waals surface area contributed by atoms with Gasteiger partial charge in [0, 0.05) is 12.2 Å². The molecule has 1 fully saturated rings. The number of carbonyl (C=O) groups excluding carboxylic acids is 1. The summed E-state index contributed by atoms with van der Waals surface area (Å²) in [6.45, 7) is 4.15. The Kier molecular flexibility index (Phi) is 4.81. The van der Waals surface area contributed by atoms with Crippen molar-refractivity contribution < 1.29 is 22.0 Å². The number of halogens is 2. The lowest BCUT2D eigenvalue weighted by atomic mass is 10.1. The van der Waals surface area contributed by atoms with Crippen molar-refractivity contribution in [1.82, 2.24) is 4.72 Å². The summed E-state index contributed by atoms with van der Waals surface area (Å²) in [5.41, 5.74) is 2.66. The largest absolute Gasteiger partial charge is 0.311 e. The van der Waals surface area contributed by atoms with E-state index in [4.69, 9.17) is 0 Å². The van der Waals surface area contributed by atoms with Gasteiger partial charge in [0.05, 0.1) is 0 Å². The molecule has 8 heteroatoms. The lowest BCUT2D eigenvalue weighted by Crippen LogP contribution is -2.41. The number of aryl methyl sites for hydroxylation is 2. The van der Waals surface area contributed by atoms with Crippen LogP contribution in [0.3, 0.4) is 0 Å². The van der Waals surface area contributed by atoms with Gasteiger partial charge in [0.25, 0.3) is 0 Å². The van der Waals surface area contributed by atoms with Gasteiger partial charge in [0.1, 0.15) is 22.6 Å². The predicted octanol–water partition coefficient (Wildman–Crippen LogP) is 2.67. The maximum absolute atomic E-state index is 13.8. The quantitative estimate of drug-likeness (QED) is 0.887. The van der Waals surface area contributed by atoms with Crippen LogP contribution in [0.2, 0.25) is 0 Å². The third-order valence-corrected chi connectivity index (χ3v) is 5.69. The van der Waals surface area contributed by atoms with Crippen LogP contribution >= 0.6 is 0 Å². The van der Waals surface area contributed by atoms with Gasteiger partial charge in [-0.1, -0.05) is 6.07 Å². The first-order valence-corrected chi connectivity index (χ1v) is 9.53. The number of nitrogens with one attached hydrogen (secondary N) is 1. The second-order valence-corrected chi connectivity index (χ2v) is 8.06. The zero-order valence-corrected chi connectivity index (χ0v) is 15.1. The van der Waals surface area contributed by atoms with Crippen molar-refractivity contribution in [2.45, 2.75) is 31.2 Å². The molecular formula is C18H18F2N2O3S. The average molecular weight is 380 g/mol. The van der Waals surface area contributed by atoms with Crippen LogP contribution in [0.5, 0.6) is 0 Å². The molecule has 26 heavy (non-hydrogen) atoms. The van der Waals surface area contributed by atoms with Gasteiger partial charge in [-0.15, -0.1) is 0 Å². The molecule has 0 unspecified atom stereocenters. The van der Waals surface area contributed by atoms with E-state index < -0.39 is 38.5 Å². The van der Waals surface area contributed by atoms with Crippen LogP contribution in [-0.2, 0) is 14.8 Å². The SMILES string of the molecule is Cc1cc(C)cc(N2CC[C@@H](NS(=O)(=O)c3cc(F)ccc3F)C2=O)c1. The number of nitrogens with zero attached hydrogens (tertiary/aromatic N) is 1. The zero-order valence-electron chi connectivity index (χ0n) is 14.3. The number of hydrogen-bond acceptors (Lipinski definition) is 3. The van der Waals surface area contributed by atoms with E-state index >= 15 is 0 Å². The van der Waals surface area contributed by atoms with Gasteiger partial charge < -0.3 is 4.90 Å². The van der Waals surface area contributed by atoms with E-state index in [-0.39, 0.29) is 6.42 Å². The monoisotopic (exact) mass is 380 g/mol. The fourth-order valence-electron chi connectivity index (χ4n) is 3.09. The van der Waals surface area contributed by atoms with Gasteiger partial charge in [0.15, 0.2) is 0 Å². The molecule has 1 amide bonds. The van der Waals surface area contributed by atoms with E-state index in [1.54, 1.807) is 0 Å². The van der Waals surface area contributed by atoms with E-state index in [0.717, 1.165) is 23.3 Å². The number of amides is 1. The van der Waals surface area contributed by atoms with Crippen molar-refractivity contribution in [3.8, 4) is 0 Å². The number of sulfonamides is 1. The van der Waals surface area contributed by atoms with Crippen molar-refractivity contribution >= 4 is 21.6 Å². The molecule has 2 aromatic carbocycles. The molecule has 1 atom stereocenters. The van der Waals surface area contributed by atoms with Crippen molar-refractivity contribution in [2.75, 3.05) is 11.4 Å². The van der Waals surface area contributed by atoms with Gasteiger partial charge in [-0.2, -0.15) is 4.72 Å². The van der Waals surface area contributed by atoms with Crippen molar-refractivity contribution in [1.29, 1.82) is 0 Å². The first-order valence-electron chi connectivity index (χ1n) is 8.04. The van der Waals surface area contributed by atoms with Crippen LogP contribution in [0.1, 0.15) is 17.5 Å². The van der Waals surface area contributed by atoms with Crippen LogP contribution in [0.25, 0.3) is 0 Å². The third kappa shape index (κ3) is 3.61. The molecule has 0 aliphatic carbocycles. The Morgan fingerprint density at radius 3 is 2.38 bits per heavy atom. The summed E-state index contributed by atoms with van der Waals surface area (Å²) in [6, 6.07) is 6.79. The molecule has 0 radical (unpaired) electrons. The summed E-state index contributed by atoms with van der Waals surface area (Å²) in [5, 5.41) is 0. The highest BCUT2D eigenvalue weighted by molar-refractivity contribution is 7.89. The minimum absolute atomic E-state index is 0.238. The summed E-state index contributed by atoms with van der Waals surface area (Å²) in [4.78, 5) is 13.3. The lowest BCUT2D eigenvalue weighted by Gasteiger charge is -2.18. The first-order chi connectivity index (χ1) is 12.2. The summed E-state index contributed by atoms with van der Waals surface area (Å²) < 4.78 is 54.0. The lowest BCUT2D eigenvalue weighted by molar-refractivity contribution is -0.118. The molecular weight excluding hydrogens is 362 g/mol. The Bertz CT molecular complexity index is 956. The molecule has 1 saturated heterocycles. The molecule has 5 nitrogen and oxygen atoms in total. The Labute approximate surface area is 150 Å². The number of rotatable bonds is 4. The van der Waals surface area contributed by atoms with E-state index in [1.165, 1.54) is 4.90 Å². The van der Waals surface area contributed by atoms with Gasteiger partial charge in [-0.05, 0) is 61.7 Å². The van der Waals surface area contributed by atoms with Crippen LogP contribution in [0.15, 0.2) is 41.3 Å². The van der Waals surface area contributed by atoms with E-state index in [2.05, 4.69) is 4.72 Å². The van der Waals surface area contributed by atoms with Crippen molar-refractivity contribution in [3.63, 3.8) is 0 Å². The number of benzene rings is 2. The fraction of sp³-hybridized carbons (Fsp3) is 0.278. The molecule has 0 saturated carbocycles. The molecule has 0 aromatic heterocycles. The smallest absolute Gasteiger partial charge is 0.245 e. The highest BCUT2D eigenvalue weighted by Gasteiger charge is 2.36. The van der Waals surface area contributed by atoms with E-state index in [1.807, 2.05) is 32.0 Å². The van der Waals surface area contributed by atoms with E-state index in [9.17, 15) is 22.0 Å². The second-order valence-electron chi connectivity index (χ2n) is 6.37. The second kappa shape index (κ2) is 6.77. The van der Waals surface area contributed by atoms with Crippen LogP contribution in [-0.4, -0.2) is 26.9 Å². The molecule has 1 heterocycles. The third-order valence-electron chi connectivity index (χ3n) is 4.20. The summed E-state index contributed by atoms with van der Waals surface area (Å²) in [5.74, 6) is -2.37. The topological polar surface area (TPSA) is 66.5 Å². The first kappa shape index (κ1) is 18.5. The molecule has 2 aromatic rings. The Hall–Kier alpha value is -2.32. The maximum Gasteiger partial charge on any atom is 0.245 e. The number of carbonyl (C=O) groups is 1. The molecule has 1 aliphatic rings. The Balaban J connectivity index is 1.83. The van der Waals surface area contributed by atoms with Crippen LogP contribution in [0.4, 0.5) is 14.5 Å². The standard InChI is InChI=1S/C18H18F2N2O3S/c1-11-7-12(2)9-14(8-11)22-6-5-16(18(22)23)21-26(24,25)17-10-13(19)3-4-15(17)20/h3-4,7-10,16,21H,5-6H2,1-2H3/t16-/m1/s1. The molecule has 1 aliphatic heterocycles. The molecule has 0 bridgehead atoms. The average Bonchev–Trinajstić information content (AvgIpc) is 2.89. The van der Waals surface area contributed by atoms with Crippen LogP contribution < -0.4 is 9.62 Å². The van der Waals surface area contributed by atoms with Gasteiger partial charge >= 0.3 is 0 Å². The maximum atomic E-state index is 13.8. The van der Waals surface area contributed by atoms with Gasteiger partial charge in [0.2, 0.25) is 15.9 Å². The van der Waals surface area contributed by atoms with Crippen LogP contribution in [0, 0.1) is 25.5 Å². The fourth-order valence-corrected chi connectivity index (χ4v) is 4.40. The van der Waals surface area contributed by atoms with E-state index in [0.29, 0.717) is 18.3 Å².